The second-order valence-electron chi connectivity index (χ2n) is 7.15. The van der Waals surface area contributed by atoms with Crippen LogP contribution >= 0.6 is 0 Å². The summed E-state index contributed by atoms with van der Waals surface area (Å²) in [4.78, 5) is 4.40. The van der Waals surface area contributed by atoms with E-state index in [-0.39, 0.29) is 17.6 Å². The molecule has 2 radical (unpaired) electrons. The van der Waals surface area contributed by atoms with Crippen LogP contribution in [0.25, 0.3) is 0 Å². The Balaban J connectivity index is 1.76. The van der Waals surface area contributed by atoms with Crippen LogP contribution in [0.15, 0.2) is 78.9 Å². The zero-order valence-corrected chi connectivity index (χ0v) is 16.8. The summed E-state index contributed by atoms with van der Waals surface area (Å²) in [6, 6.07) is 26.9. The summed E-state index contributed by atoms with van der Waals surface area (Å²) < 4.78 is 6.09. The number of hydrogen-bond donors (Lipinski definition) is 1. The molecule has 0 spiro atoms. The average molecular weight is 376 g/mol. The van der Waals surface area contributed by atoms with Crippen molar-refractivity contribution in [3.05, 3.63) is 101 Å². The maximum absolute atomic E-state index is 9.24. The fourth-order valence-corrected chi connectivity index (χ4v) is 4.41. The Morgan fingerprint density at radius 3 is 1.96 bits per heavy atom. The van der Waals surface area contributed by atoms with Gasteiger partial charge in [0.25, 0.3) is 0 Å². The Labute approximate surface area is 164 Å². The van der Waals surface area contributed by atoms with E-state index in [1.54, 1.807) is 0 Å². The van der Waals surface area contributed by atoms with Crippen LogP contribution < -0.4 is 0 Å². The molecular formula is C23H25NO2Si. The molecule has 0 bridgehead atoms. The third-order valence-electron chi connectivity index (χ3n) is 4.57. The SMILES string of the molecule is CC(C)([Si]OCc1cccc(CO)n1)C(c1ccccc1)c1ccccc1. The van der Waals surface area contributed by atoms with Crippen molar-refractivity contribution in [1.82, 2.24) is 4.98 Å². The summed E-state index contributed by atoms with van der Waals surface area (Å²) in [6.45, 7) is 4.92. The van der Waals surface area contributed by atoms with Crippen molar-refractivity contribution in [2.75, 3.05) is 0 Å². The fourth-order valence-electron chi connectivity index (χ4n) is 3.37. The first-order chi connectivity index (χ1) is 13.1. The molecule has 2 aromatic carbocycles. The van der Waals surface area contributed by atoms with E-state index in [9.17, 15) is 5.11 Å². The van der Waals surface area contributed by atoms with Crippen LogP contribution in [0.4, 0.5) is 0 Å². The van der Waals surface area contributed by atoms with E-state index >= 15 is 0 Å². The number of aromatic nitrogens is 1. The maximum Gasteiger partial charge on any atom is 0.237 e. The number of nitrogens with zero attached hydrogens (tertiary/aromatic N) is 1. The Kier molecular flexibility index (Phi) is 6.56. The molecule has 0 saturated heterocycles. The highest BCUT2D eigenvalue weighted by Crippen LogP contribution is 2.45. The summed E-state index contributed by atoms with van der Waals surface area (Å²) in [5.74, 6) is 0.245. The number of rotatable bonds is 8. The molecule has 138 valence electrons. The van der Waals surface area contributed by atoms with E-state index < -0.39 is 0 Å². The number of pyridine rings is 1. The maximum atomic E-state index is 9.24. The molecule has 0 aliphatic carbocycles. The summed E-state index contributed by atoms with van der Waals surface area (Å²) in [5.41, 5.74) is 4.11. The highest BCUT2D eigenvalue weighted by Gasteiger charge is 2.34. The summed E-state index contributed by atoms with van der Waals surface area (Å²) in [5, 5.41) is 9.17. The van der Waals surface area contributed by atoms with Crippen molar-refractivity contribution in [2.24, 2.45) is 0 Å². The smallest absolute Gasteiger partial charge is 0.237 e. The number of aliphatic hydroxyl groups excluding tert-OH is 1. The van der Waals surface area contributed by atoms with Gasteiger partial charge in [-0.2, -0.15) is 0 Å². The Hall–Kier alpha value is -2.27. The fraction of sp³-hybridized carbons (Fsp3) is 0.261. The van der Waals surface area contributed by atoms with Crippen molar-refractivity contribution >= 4 is 9.76 Å². The normalized spacial score (nSPS) is 11.7. The highest BCUT2D eigenvalue weighted by molar-refractivity contribution is 6.32. The Morgan fingerprint density at radius 1 is 0.852 bits per heavy atom. The van der Waals surface area contributed by atoms with Gasteiger partial charge in [0.05, 0.1) is 24.6 Å². The van der Waals surface area contributed by atoms with Gasteiger partial charge < -0.3 is 9.53 Å². The monoisotopic (exact) mass is 375 g/mol. The van der Waals surface area contributed by atoms with E-state index in [0.29, 0.717) is 22.1 Å². The van der Waals surface area contributed by atoms with Crippen molar-refractivity contribution in [1.29, 1.82) is 0 Å². The minimum Gasteiger partial charge on any atom is -0.411 e. The molecule has 3 aromatic rings. The van der Waals surface area contributed by atoms with Gasteiger partial charge in [-0.15, -0.1) is 0 Å². The molecule has 1 aromatic heterocycles. The molecule has 0 unspecified atom stereocenters. The second-order valence-corrected chi connectivity index (χ2v) is 8.93. The van der Waals surface area contributed by atoms with Crippen molar-refractivity contribution < 1.29 is 9.53 Å². The van der Waals surface area contributed by atoms with E-state index in [1.165, 1.54) is 11.1 Å². The molecule has 4 heteroatoms. The molecule has 0 aliphatic rings. The minimum atomic E-state index is -0.0721. The number of aliphatic hydroxyl groups is 1. The summed E-state index contributed by atoms with van der Waals surface area (Å²) >= 11 is 0. The second kappa shape index (κ2) is 9.09. The molecule has 0 fully saturated rings. The molecule has 27 heavy (non-hydrogen) atoms. The van der Waals surface area contributed by atoms with Crippen LogP contribution in [0.3, 0.4) is 0 Å². The minimum absolute atomic E-state index is 0.0499. The standard InChI is InChI=1S/C23H25NO2Si/c1-23(2,27-26-17-21-15-9-14-20(16-25)24-21)22(18-10-5-3-6-11-18)19-12-7-4-8-13-19/h3-15,22,25H,16-17H2,1-2H3. The lowest BCUT2D eigenvalue weighted by molar-refractivity contribution is 0.272. The van der Waals surface area contributed by atoms with Crippen LogP contribution in [0.1, 0.15) is 42.3 Å². The predicted molar refractivity (Wildman–Crippen MR) is 109 cm³/mol. The average Bonchev–Trinajstić information content (AvgIpc) is 2.69. The largest absolute Gasteiger partial charge is 0.411 e. The van der Waals surface area contributed by atoms with Gasteiger partial charge in [-0.3, -0.25) is 4.98 Å². The van der Waals surface area contributed by atoms with Crippen LogP contribution in [-0.4, -0.2) is 19.9 Å². The van der Waals surface area contributed by atoms with Gasteiger partial charge in [-0.1, -0.05) is 80.6 Å². The third-order valence-corrected chi connectivity index (χ3v) is 5.67. The van der Waals surface area contributed by atoms with Gasteiger partial charge in [0.1, 0.15) is 0 Å². The lowest BCUT2D eigenvalue weighted by Gasteiger charge is -2.34. The first-order valence-electron chi connectivity index (χ1n) is 9.14. The van der Waals surface area contributed by atoms with Crippen LogP contribution in [0, 0.1) is 0 Å². The Morgan fingerprint density at radius 2 is 1.41 bits per heavy atom. The highest BCUT2D eigenvalue weighted by atomic mass is 28.2. The first-order valence-corrected chi connectivity index (χ1v) is 10.1. The first kappa shape index (κ1) is 19.5. The molecular weight excluding hydrogens is 350 g/mol. The van der Waals surface area contributed by atoms with Gasteiger partial charge in [-0.25, -0.2) is 0 Å². The topological polar surface area (TPSA) is 42.4 Å². The van der Waals surface area contributed by atoms with Crippen LogP contribution in [0.2, 0.25) is 5.04 Å². The predicted octanol–water partition coefficient (Wildman–Crippen LogP) is 4.74. The molecule has 3 rings (SSSR count). The zero-order valence-electron chi connectivity index (χ0n) is 15.8. The number of benzene rings is 2. The van der Waals surface area contributed by atoms with Gasteiger partial charge in [0.15, 0.2) is 0 Å². The molecule has 0 amide bonds. The zero-order chi connectivity index (χ0) is 19.1. The molecule has 0 aliphatic heterocycles. The van der Waals surface area contributed by atoms with Crippen molar-refractivity contribution in [3.63, 3.8) is 0 Å². The molecule has 0 atom stereocenters. The van der Waals surface area contributed by atoms with E-state index in [4.69, 9.17) is 4.43 Å². The lowest BCUT2D eigenvalue weighted by Crippen LogP contribution is -2.25. The van der Waals surface area contributed by atoms with E-state index in [2.05, 4.69) is 79.5 Å². The van der Waals surface area contributed by atoms with Crippen molar-refractivity contribution in [3.8, 4) is 0 Å². The quantitative estimate of drug-likeness (QED) is 0.578. The summed E-state index contributed by atoms with van der Waals surface area (Å²) in [7, 11) is 0.311. The Bertz CT molecular complexity index is 798. The van der Waals surface area contributed by atoms with Crippen LogP contribution in [-0.2, 0) is 17.6 Å². The van der Waals surface area contributed by atoms with Gasteiger partial charge in [-0.05, 0) is 28.3 Å². The molecule has 0 saturated carbocycles. The van der Waals surface area contributed by atoms with Crippen molar-refractivity contribution in [2.45, 2.75) is 38.0 Å². The van der Waals surface area contributed by atoms with E-state index in [1.807, 2.05) is 18.2 Å². The number of hydrogen-bond acceptors (Lipinski definition) is 3. The molecule has 3 nitrogen and oxygen atoms in total. The lowest BCUT2D eigenvalue weighted by atomic mass is 9.82. The summed E-state index contributed by atoms with van der Waals surface area (Å²) in [6.07, 6.45) is 0. The van der Waals surface area contributed by atoms with E-state index in [0.717, 1.165) is 5.69 Å². The third kappa shape index (κ3) is 5.13. The molecule has 1 N–H and O–H groups in total. The van der Waals surface area contributed by atoms with Gasteiger partial charge >= 0.3 is 0 Å². The van der Waals surface area contributed by atoms with Gasteiger partial charge in [0.2, 0.25) is 9.76 Å². The molecule has 1 heterocycles. The van der Waals surface area contributed by atoms with Crippen LogP contribution in [0.5, 0.6) is 0 Å². The van der Waals surface area contributed by atoms with Gasteiger partial charge in [0, 0.05) is 5.92 Å².